The quantitative estimate of drug-likeness (QED) is 0.823. The average molecular weight is 377 g/mol. The highest BCUT2D eigenvalue weighted by atomic mass is 16.5. The van der Waals surface area contributed by atoms with E-state index < -0.39 is 0 Å². The highest BCUT2D eigenvalue weighted by Crippen LogP contribution is 2.31. The molecule has 0 N–H and O–H groups in total. The van der Waals surface area contributed by atoms with E-state index in [0.717, 1.165) is 26.1 Å². The van der Waals surface area contributed by atoms with Crippen LogP contribution in [0.3, 0.4) is 0 Å². The van der Waals surface area contributed by atoms with E-state index in [1.165, 1.54) is 5.56 Å². The van der Waals surface area contributed by atoms with E-state index in [1.807, 2.05) is 41.3 Å². The lowest BCUT2D eigenvalue weighted by Crippen LogP contribution is -2.48. The Morgan fingerprint density at radius 3 is 2.39 bits per heavy atom. The fourth-order valence-corrected chi connectivity index (χ4v) is 3.53. The highest BCUT2D eigenvalue weighted by Gasteiger charge is 2.23. The number of hydrogen-bond acceptors (Lipinski definition) is 5. The van der Waals surface area contributed by atoms with Crippen LogP contribution in [0.1, 0.15) is 27.9 Å². The molecule has 2 aromatic carbocycles. The van der Waals surface area contributed by atoms with Crippen molar-refractivity contribution in [2.24, 2.45) is 0 Å². The maximum atomic E-state index is 12.9. The topological polar surface area (TPSA) is 65.8 Å². The minimum atomic E-state index is 0.0358. The van der Waals surface area contributed by atoms with Gasteiger partial charge in [-0.3, -0.25) is 9.69 Å². The van der Waals surface area contributed by atoms with Crippen LogP contribution in [-0.4, -0.2) is 55.1 Å². The number of fused-ring (bicyclic) bond motifs is 1. The minimum absolute atomic E-state index is 0.0358. The Morgan fingerprint density at radius 2 is 1.68 bits per heavy atom. The first-order valence-electron chi connectivity index (χ1n) is 9.63. The molecule has 0 atom stereocenters. The van der Waals surface area contributed by atoms with Crippen LogP contribution in [0.2, 0.25) is 0 Å². The first-order valence-corrected chi connectivity index (χ1v) is 9.63. The standard InChI is InChI=1S/C22H23N3O3/c23-15-17-2-4-18(5-3-17)16-24-8-10-25(11-9-24)22(26)19-6-7-20-21(14-19)28-13-1-12-27-20/h2-7,14H,1,8-13,16H2. The molecule has 28 heavy (non-hydrogen) atoms. The maximum absolute atomic E-state index is 12.9. The van der Waals surface area contributed by atoms with E-state index in [-0.39, 0.29) is 5.91 Å². The third-order valence-electron chi connectivity index (χ3n) is 5.14. The fourth-order valence-electron chi connectivity index (χ4n) is 3.53. The van der Waals surface area contributed by atoms with Gasteiger partial charge in [0.25, 0.3) is 5.91 Å². The van der Waals surface area contributed by atoms with Crippen molar-refractivity contribution < 1.29 is 14.3 Å². The normalized spacial score (nSPS) is 16.9. The van der Waals surface area contributed by atoms with Crippen molar-refractivity contribution in [3.05, 3.63) is 59.2 Å². The number of hydrogen-bond donors (Lipinski definition) is 0. The van der Waals surface area contributed by atoms with Crippen LogP contribution in [0.5, 0.6) is 11.5 Å². The summed E-state index contributed by atoms with van der Waals surface area (Å²) in [5.74, 6) is 1.40. The summed E-state index contributed by atoms with van der Waals surface area (Å²) in [5.41, 5.74) is 2.50. The summed E-state index contributed by atoms with van der Waals surface area (Å²) in [6.07, 6.45) is 0.846. The first-order chi connectivity index (χ1) is 13.7. The van der Waals surface area contributed by atoms with Crippen molar-refractivity contribution in [1.29, 1.82) is 5.26 Å². The van der Waals surface area contributed by atoms with Gasteiger partial charge in [-0.15, -0.1) is 0 Å². The lowest BCUT2D eigenvalue weighted by Gasteiger charge is -2.34. The summed E-state index contributed by atoms with van der Waals surface area (Å²) in [6.45, 7) is 5.14. The van der Waals surface area contributed by atoms with Crippen LogP contribution >= 0.6 is 0 Å². The Kier molecular flexibility index (Phi) is 5.45. The zero-order valence-corrected chi connectivity index (χ0v) is 15.8. The lowest BCUT2D eigenvalue weighted by molar-refractivity contribution is 0.0628. The molecule has 2 heterocycles. The zero-order valence-electron chi connectivity index (χ0n) is 15.8. The minimum Gasteiger partial charge on any atom is -0.490 e. The second-order valence-corrected chi connectivity index (χ2v) is 7.09. The Labute approximate surface area is 164 Å². The Hall–Kier alpha value is -3.04. The van der Waals surface area contributed by atoms with Gasteiger partial charge in [-0.25, -0.2) is 0 Å². The number of rotatable bonds is 3. The molecule has 6 heteroatoms. The van der Waals surface area contributed by atoms with Gasteiger partial charge in [0.2, 0.25) is 0 Å². The molecule has 4 rings (SSSR count). The van der Waals surface area contributed by atoms with E-state index in [4.69, 9.17) is 14.7 Å². The van der Waals surface area contributed by atoms with E-state index >= 15 is 0 Å². The van der Waals surface area contributed by atoms with Gasteiger partial charge in [-0.05, 0) is 35.9 Å². The van der Waals surface area contributed by atoms with Crippen LogP contribution < -0.4 is 9.47 Å². The second-order valence-electron chi connectivity index (χ2n) is 7.09. The van der Waals surface area contributed by atoms with Crippen LogP contribution in [0.15, 0.2) is 42.5 Å². The average Bonchev–Trinajstić information content (AvgIpc) is 2.99. The van der Waals surface area contributed by atoms with E-state index in [1.54, 1.807) is 6.07 Å². The summed E-state index contributed by atoms with van der Waals surface area (Å²) in [6, 6.07) is 15.3. The molecule has 0 saturated carbocycles. The monoisotopic (exact) mass is 377 g/mol. The van der Waals surface area contributed by atoms with Gasteiger partial charge in [0.15, 0.2) is 11.5 Å². The first kappa shape index (κ1) is 18.3. The number of carbonyl (C=O) groups excluding carboxylic acids is 1. The molecule has 2 aromatic rings. The summed E-state index contributed by atoms with van der Waals surface area (Å²) >= 11 is 0. The summed E-state index contributed by atoms with van der Waals surface area (Å²) in [4.78, 5) is 17.1. The highest BCUT2D eigenvalue weighted by molar-refractivity contribution is 5.95. The van der Waals surface area contributed by atoms with Crippen molar-refractivity contribution in [2.45, 2.75) is 13.0 Å². The van der Waals surface area contributed by atoms with Gasteiger partial charge in [0.05, 0.1) is 24.8 Å². The van der Waals surface area contributed by atoms with Crippen LogP contribution in [0, 0.1) is 11.3 Å². The van der Waals surface area contributed by atoms with Gasteiger partial charge < -0.3 is 14.4 Å². The fraction of sp³-hybridized carbons (Fsp3) is 0.364. The van der Waals surface area contributed by atoms with Crippen LogP contribution in [0.25, 0.3) is 0 Å². The predicted octanol–water partition coefficient (Wildman–Crippen LogP) is 2.68. The number of nitriles is 1. The molecule has 0 radical (unpaired) electrons. The molecule has 0 bridgehead atoms. The van der Waals surface area contributed by atoms with Crippen LogP contribution in [0.4, 0.5) is 0 Å². The predicted molar refractivity (Wildman–Crippen MR) is 104 cm³/mol. The Balaban J connectivity index is 1.35. The molecule has 2 aliphatic heterocycles. The SMILES string of the molecule is N#Cc1ccc(CN2CCN(C(=O)c3ccc4c(c3)OCCCO4)CC2)cc1. The number of nitrogens with zero attached hydrogens (tertiary/aromatic N) is 3. The molecule has 0 spiro atoms. The number of ether oxygens (including phenoxy) is 2. The zero-order chi connectivity index (χ0) is 19.3. The van der Waals surface area contributed by atoms with Crippen molar-refractivity contribution >= 4 is 5.91 Å². The van der Waals surface area contributed by atoms with Gasteiger partial charge in [-0.2, -0.15) is 5.26 Å². The van der Waals surface area contributed by atoms with Crippen molar-refractivity contribution in [2.75, 3.05) is 39.4 Å². The molecule has 1 amide bonds. The number of piperazine rings is 1. The molecule has 1 fully saturated rings. The lowest BCUT2D eigenvalue weighted by atomic mass is 10.1. The molecular formula is C22H23N3O3. The number of amides is 1. The second kappa shape index (κ2) is 8.32. The molecule has 0 aromatic heterocycles. The van der Waals surface area contributed by atoms with Crippen molar-refractivity contribution in [1.82, 2.24) is 9.80 Å². The van der Waals surface area contributed by atoms with Gasteiger partial charge in [0.1, 0.15) is 0 Å². The third-order valence-corrected chi connectivity index (χ3v) is 5.14. The molecule has 0 aliphatic carbocycles. The Bertz CT molecular complexity index is 881. The molecule has 6 nitrogen and oxygen atoms in total. The molecular weight excluding hydrogens is 354 g/mol. The summed E-state index contributed by atoms with van der Waals surface area (Å²) in [5, 5.41) is 8.89. The van der Waals surface area contributed by atoms with Gasteiger partial charge in [-0.1, -0.05) is 12.1 Å². The Morgan fingerprint density at radius 1 is 0.964 bits per heavy atom. The van der Waals surface area contributed by atoms with E-state index in [9.17, 15) is 4.79 Å². The smallest absolute Gasteiger partial charge is 0.254 e. The third kappa shape index (κ3) is 4.10. The molecule has 1 saturated heterocycles. The van der Waals surface area contributed by atoms with Crippen molar-refractivity contribution in [3.8, 4) is 17.6 Å². The molecule has 144 valence electrons. The van der Waals surface area contributed by atoms with Gasteiger partial charge >= 0.3 is 0 Å². The number of benzene rings is 2. The maximum Gasteiger partial charge on any atom is 0.254 e. The van der Waals surface area contributed by atoms with E-state index in [2.05, 4.69) is 11.0 Å². The largest absolute Gasteiger partial charge is 0.490 e. The number of carbonyl (C=O) groups is 1. The van der Waals surface area contributed by atoms with E-state index in [0.29, 0.717) is 48.9 Å². The van der Waals surface area contributed by atoms with Crippen molar-refractivity contribution in [3.63, 3.8) is 0 Å². The van der Waals surface area contributed by atoms with Gasteiger partial charge in [0, 0.05) is 44.7 Å². The molecule has 0 unspecified atom stereocenters. The summed E-state index contributed by atoms with van der Waals surface area (Å²) in [7, 11) is 0. The van der Waals surface area contributed by atoms with Crippen LogP contribution in [-0.2, 0) is 6.54 Å². The summed E-state index contributed by atoms with van der Waals surface area (Å²) < 4.78 is 11.3. The molecule has 2 aliphatic rings.